The van der Waals surface area contributed by atoms with E-state index >= 15 is 0 Å². The summed E-state index contributed by atoms with van der Waals surface area (Å²) in [5.74, 6) is 0.0843. The third kappa shape index (κ3) is 1.84. The summed E-state index contributed by atoms with van der Waals surface area (Å²) < 4.78 is 5.41. The van der Waals surface area contributed by atoms with Crippen molar-refractivity contribution in [3.63, 3.8) is 0 Å². The third-order valence-corrected chi connectivity index (χ3v) is 3.10. The van der Waals surface area contributed by atoms with Crippen LogP contribution in [-0.4, -0.2) is 11.7 Å². The van der Waals surface area contributed by atoms with Gasteiger partial charge < -0.3 is 15.3 Å². The molecule has 2 rings (SSSR count). The lowest BCUT2D eigenvalue weighted by molar-refractivity contribution is 0.110. The van der Waals surface area contributed by atoms with Crippen LogP contribution in [0.5, 0.6) is 0 Å². The molecule has 2 unspecified atom stereocenters. The van der Waals surface area contributed by atoms with Crippen LogP contribution in [0.15, 0.2) is 34.9 Å². The van der Waals surface area contributed by atoms with E-state index in [2.05, 4.69) is 0 Å². The molecule has 86 valence electrons. The maximum absolute atomic E-state index is 10.2. The van der Waals surface area contributed by atoms with E-state index in [1.807, 2.05) is 31.2 Å². The molecule has 0 spiro atoms. The van der Waals surface area contributed by atoms with Gasteiger partial charge in [0.15, 0.2) is 0 Å². The number of para-hydroxylation sites is 1. The van der Waals surface area contributed by atoms with Crippen molar-refractivity contribution in [2.45, 2.75) is 19.4 Å². The molecule has 0 radical (unpaired) electrons. The Morgan fingerprint density at radius 2 is 2.12 bits per heavy atom. The minimum Gasteiger partial charge on any atom is -0.464 e. The largest absolute Gasteiger partial charge is 0.464 e. The maximum atomic E-state index is 10.2. The zero-order valence-electron chi connectivity index (χ0n) is 9.39. The minimum absolute atomic E-state index is 0.0843. The number of benzene rings is 1. The fourth-order valence-electron chi connectivity index (χ4n) is 2.00. The number of aliphatic hydroxyl groups is 1. The van der Waals surface area contributed by atoms with Gasteiger partial charge in [-0.05, 0) is 19.0 Å². The number of furan rings is 1. The van der Waals surface area contributed by atoms with Crippen molar-refractivity contribution < 1.29 is 9.52 Å². The molecule has 1 aromatic carbocycles. The molecule has 0 aliphatic carbocycles. The van der Waals surface area contributed by atoms with E-state index in [0.29, 0.717) is 6.54 Å². The van der Waals surface area contributed by atoms with Crippen molar-refractivity contribution in [3.8, 4) is 0 Å². The van der Waals surface area contributed by atoms with Gasteiger partial charge in [0.05, 0.1) is 12.4 Å². The molecule has 2 aromatic rings. The third-order valence-electron chi connectivity index (χ3n) is 3.10. The highest BCUT2D eigenvalue weighted by Gasteiger charge is 2.21. The van der Waals surface area contributed by atoms with E-state index < -0.39 is 6.10 Å². The lowest BCUT2D eigenvalue weighted by Crippen LogP contribution is -2.21. The molecule has 16 heavy (non-hydrogen) atoms. The molecular weight excluding hydrogens is 202 g/mol. The minimum atomic E-state index is -0.543. The summed E-state index contributed by atoms with van der Waals surface area (Å²) in [5.41, 5.74) is 7.29. The van der Waals surface area contributed by atoms with Gasteiger partial charge in [0.1, 0.15) is 5.58 Å². The summed E-state index contributed by atoms with van der Waals surface area (Å²) >= 11 is 0. The number of hydrogen-bond donors (Lipinski definition) is 2. The number of fused-ring (bicyclic) bond motifs is 1. The highest BCUT2D eigenvalue weighted by atomic mass is 16.3. The molecule has 2 atom stereocenters. The van der Waals surface area contributed by atoms with Crippen LogP contribution in [-0.2, 0) is 0 Å². The van der Waals surface area contributed by atoms with Gasteiger partial charge in [-0.15, -0.1) is 0 Å². The Balaban J connectivity index is 2.39. The molecule has 3 nitrogen and oxygen atoms in total. The predicted octanol–water partition coefficient (Wildman–Crippen LogP) is 2.45. The first-order chi connectivity index (χ1) is 7.77. The summed E-state index contributed by atoms with van der Waals surface area (Å²) in [6, 6.07) is 7.72. The van der Waals surface area contributed by atoms with Crippen LogP contribution in [0.2, 0.25) is 0 Å². The molecule has 0 aliphatic heterocycles. The fraction of sp³-hybridized carbons (Fsp3) is 0.385. The molecule has 0 bridgehead atoms. The van der Waals surface area contributed by atoms with Crippen molar-refractivity contribution in [1.82, 2.24) is 0 Å². The van der Waals surface area contributed by atoms with Crippen molar-refractivity contribution in [2.24, 2.45) is 11.7 Å². The van der Waals surface area contributed by atoms with E-state index in [0.717, 1.165) is 23.0 Å². The molecular formula is C13H17NO2. The Hall–Kier alpha value is -1.32. The summed E-state index contributed by atoms with van der Waals surface area (Å²) in [5, 5.41) is 11.2. The predicted molar refractivity (Wildman–Crippen MR) is 64.0 cm³/mol. The summed E-state index contributed by atoms with van der Waals surface area (Å²) in [4.78, 5) is 0. The van der Waals surface area contributed by atoms with E-state index in [4.69, 9.17) is 10.2 Å². The molecule has 3 heteroatoms. The van der Waals surface area contributed by atoms with E-state index in [-0.39, 0.29) is 5.92 Å². The van der Waals surface area contributed by atoms with Crippen LogP contribution in [0.25, 0.3) is 11.0 Å². The van der Waals surface area contributed by atoms with Crippen molar-refractivity contribution in [3.05, 3.63) is 36.1 Å². The van der Waals surface area contributed by atoms with E-state index in [9.17, 15) is 5.11 Å². The molecule has 3 N–H and O–H groups in total. The first-order valence-corrected chi connectivity index (χ1v) is 5.62. The smallest absolute Gasteiger partial charge is 0.134 e. The Bertz CT molecular complexity index is 460. The van der Waals surface area contributed by atoms with Crippen LogP contribution >= 0.6 is 0 Å². The first kappa shape index (κ1) is 11.2. The maximum Gasteiger partial charge on any atom is 0.134 e. The molecule has 0 saturated heterocycles. The molecule has 0 aliphatic rings. The standard InChI is InChI=1S/C13H17NO2/c1-2-9(7-14)13(15)11-8-16-12-6-4-3-5-10(11)12/h3-6,8-9,13,15H,2,7,14H2,1H3. The van der Waals surface area contributed by atoms with Crippen molar-refractivity contribution >= 4 is 11.0 Å². The van der Waals surface area contributed by atoms with Crippen LogP contribution in [0.1, 0.15) is 25.0 Å². The van der Waals surface area contributed by atoms with Gasteiger partial charge in [-0.1, -0.05) is 25.1 Å². The van der Waals surface area contributed by atoms with E-state index in [1.165, 1.54) is 0 Å². The van der Waals surface area contributed by atoms with Gasteiger partial charge >= 0.3 is 0 Å². The zero-order chi connectivity index (χ0) is 11.5. The van der Waals surface area contributed by atoms with Gasteiger partial charge in [0, 0.05) is 16.9 Å². The SMILES string of the molecule is CCC(CN)C(O)c1coc2ccccc12. The van der Waals surface area contributed by atoms with Crippen molar-refractivity contribution in [1.29, 1.82) is 0 Å². The van der Waals surface area contributed by atoms with Gasteiger partial charge in [-0.25, -0.2) is 0 Å². The number of hydrogen-bond acceptors (Lipinski definition) is 3. The fourth-order valence-corrected chi connectivity index (χ4v) is 2.00. The summed E-state index contributed by atoms with van der Waals surface area (Å²) in [6.07, 6.45) is 1.95. The topological polar surface area (TPSA) is 59.4 Å². The molecule has 0 amide bonds. The number of aliphatic hydroxyl groups excluding tert-OH is 1. The molecule has 1 heterocycles. The Labute approximate surface area is 94.9 Å². The normalized spacial score (nSPS) is 15.2. The Morgan fingerprint density at radius 1 is 1.38 bits per heavy atom. The highest BCUT2D eigenvalue weighted by Crippen LogP contribution is 2.31. The number of nitrogens with two attached hydrogens (primary N) is 1. The van der Waals surface area contributed by atoms with Gasteiger partial charge in [0.2, 0.25) is 0 Å². The zero-order valence-corrected chi connectivity index (χ0v) is 9.39. The second-order valence-electron chi connectivity index (χ2n) is 4.04. The Kier molecular flexibility index (Phi) is 3.27. The second-order valence-corrected chi connectivity index (χ2v) is 4.04. The van der Waals surface area contributed by atoms with Crippen LogP contribution < -0.4 is 5.73 Å². The monoisotopic (exact) mass is 219 g/mol. The van der Waals surface area contributed by atoms with Crippen molar-refractivity contribution in [2.75, 3.05) is 6.54 Å². The van der Waals surface area contributed by atoms with Crippen LogP contribution in [0.3, 0.4) is 0 Å². The molecule has 0 saturated carbocycles. The molecule has 0 fully saturated rings. The van der Waals surface area contributed by atoms with E-state index in [1.54, 1.807) is 6.26 Å². The summed E-state index contributed by atoms with van der Waals surface area (Å²) in [6.45, 7) is 2.51. The van der Waals surface area contributed by atoms with Gasteiger partial charge in [-0.3, -0.25) is 0 Å². The number of rotatable bonds is 4. The van der Waals surface area contributed by atoms with Gasteiger partial charge in [0.25, 0.3) is 0 Å². The lowest BCUT2D eigenvalue weighted by atomic mass is 9.93. The average Bonchev–Trinajstić information content (AvgIpc) is 2.74. The van der Waals surface area contributed by atoms with Gasteiger partial charge in [-0.2, -0.15) is 0 Å². The van der Waals surface area contributed by atoms with Crippen LogP contribution in [0.4, 0.5) is 0 Å². The molecule has 1 aromatic heterocycles. The van der Waals surface area contributed by atoms with Crippen LogP contribution in [0, 0.1) is 5.92 Å². The first-order valence-electron chi connectivity index (χ1n) is 5.62. The average molecular weight is 219 g/mol. The quantitative estimate of drug-likeness (QED) is 0.830. The second kappa shape index (κ2) is 4.68. The highest BCUT2D eigenvalue weighted by molar-refractivity contribution is 5.81. The summed E-state index contributed by atoms with van der Waals surface area (Å²) in [7, 11) is 0. The lowest BCUT2D eigenvalue weighted by Gasteiger charge is -2.18. The Morgan fingerprint density at radius 3 is 2.81 bits per heavy atom.